The van der Waals surface area contributed by atoms with Crippen LogP contribution in [-0.2, 0) is 0 Å². The highest BCUT2D eigenvalue weighted by molar-refractivity contribution is 5.90. The van der Waals surface area contributed by atoms with Crippen molar-refractivity contribution in [2.24, 2.45) is 0 Å². The summed E-state index contributed by atoms with van der Waals surface area (Å²) in [5, 5.41) is 7.79. The maximum absolute atomic E-state index is 4.70. The molecule has 0 radical (unpaired) electrons. The minimum absolute atomic E-state index is 0.456. The van der Waals surface area contributed by atoms with Crippen LogP contribution in [0.1, 0.15) is 36.9 Å². The highest BCUT2D eigenvalue weighted by Gasteiger charge is 2.32. The third-order valence-corrected chi connectivity index (χ3v) is 5.38. The number of nitrogens with one attached hydrogen (secondary N) is 2. The molecular formula is C18H26N6. The first-order valence-corrected chi connectivity index (χ1v) is 8.98. The second-order valence-corrected chi connectivity index (χ2v) is 7.12. The average Bonchev–Trinajstić information content (AvgIpc) is 3.01. The lowest BCUT2D eigenvalue weighted by molar-refractivity contribution is 0.188. The van der Waals surface area contributed by atoms with Crippen molar-refractivity contribution in [2.45, 2.75) is 51.6 Å². The molecule has 2 aromatic heterocycles. The van der Waals surface area contributed by atoms with Gasteiger partial charge in [-0.05, 0) is 57.7 Å². The molecule has 0 saturated carbocycles. The van der Waals surface area contributed by atoms with Gasteiger partial charge in [-0.3, -0.25) is 0 Å². The lowest BCUT2D eigenvalue weighted by Crippen LogP contribution is -2.43. The summed E-state index contributed by atoms with van der Waals surface area (Å²) in [4.78, 5) is 16.6. The van der Waals surface area contributed by atoms with E-state index in [-0.39, 0.29) is 0 Å². The lowest BCUT2D eigenvalue weighted by atomic mass is 9.98. The Morgan fingerprint density at radius 3 is 2.83 bits per heavy atom. The zero-order chi connectivity index (χ0) is 16.7. The fraction of sp³-hybridized carbons (Fsp3) is 0.611. The largest absolute Gasteiger partial charge is 0.372 e. The van der Waals surface area contributed by atoms with Crippen molar-refractivity contribution in [1.29, 1.82) is 0 Å². The summed E-state index contributed by atoms with van der Waals surface area (Å²) in [5.41, 5.74) is 2.92. The normalized spacial score (nSPS) is 24.1. The summed E-state index contributed by atoms with van der Waals surface area (Å²) in [5.74, 6) is 1.55. The fourth-order valence-electron chi connectivity index (χ4n) is 4.26. The highest BCUT2D eigenvalue weighted by Crippen LogP contribution is 2.29. The molecule has 2 aliphatic rings. The Hall–Kier alpha value is -1.95. The van der Waals surface area contributed by atoms with E-state index in [1.807, 2.05) is 14.0 Å². The molecule has 6 nitrogen and oxygen atoms in total. The molecule has 2 aliphatic heterocycles. The SMILES string of the molecule is CNc1nc(NC2CCN3CCCC3C2)nc2nc(C)cc(C)c12. The van der Waals surface area contributed by atoms with E-state index in [2.05, 4.69) is 33.5 Å². The first-order valence-electron chi connectivity index (χ1n) is 8.98. The number of hydrogen-bond acceptors (Lipinski definition) is 6. The molecule has 24 heavy (non-hydrogen) atoms. The Balaban J connectivity index is 1.62. The highest BCUT2D eigenvalue weighted by atomic mass is 15.2. The molecule has 128 valence electrons. The van der Waals surface area contributed by atoms with Gasteiger partial charge in [-0.25, -0.2) is 4.98 Å². The van der Waals surface area contributed by atoms with E-state index in [1.165, 1.54) is 32.4 Å². The molecule has 2 saturated heterocycles. The number of anilines is 2. The van der Waals surface area contributed by atoms with Gasteiger partial charge in [-0.2, -0.15) is 9.97 Å². The van der Waals surface area contributed by atoms with E-state index in [0.717, 1.165) is 40.6 Å². The van der Waals surface area contributed by atoms with Gasteiger partial charge in [0.25, 0.3) is 0 Å². The topological polar surface area (TPSA) is 66.0 Å². The third kappa shape index (κ3) is 2.79. The van der Waals surface area contributed by atoms with Crippen molar-refractivity contribution in [2.75, 3.05) is 30.8 Å². The molecule has 0 bridgehead atoms. The maximum Gasteiger partial charge on any atom is 0.226 e. The van der Waals surface area contributed by atoms with E-state index in [0.29, 0.717) is 12.0 Å². The maximum atomic E-state index is 4.70. The van der Waals surface area contributed by atoms with Crippen LogP contribution < -0.4 is 10.6 Å². The molecule has 0 aliphatic carbocycles. The Morgan fingerprint density at radius 2 is 2.00 bits per heavy atom. The van der Waals surface area contributed by atoms with Crippen molar-refractivity contribution in [3.63, 3.8) is 0 Å². The zero-order valence-electron chi connectivity index (χ0n) is 14.8. The number of nitrogens with zero attached hydrogens (tertiary/aromatic N) is 4. The molecule has 6 heteroatoms. The van der Waals surface area contributed by atoms with Gasteiger partial charge in [0.1, 0.15) is 5.82 Å². The van der Waals surface area contributed by atoms with Crippen LogP contribution in [0.2, 0.25) is 0 Å². The lowest BCUT2D eigenvalue weighted by Gasteiger charge is -2.35. The van der Waals surface area contributed by atoms with Gasteiger partial charge >= 0.3 is 0 Å². The molecule has 4 heterocycles. The van der Waals surface area contributed by atoms with E-state index in [9.17, 15) is 0 Å². The van der Waals surface area contributed by atoms with Gasteiger partial charge in [0.15, 0.2) is 5.65 Å². The fourth-order valence-corrected chi connectivity index (χ4v) is 4.26. The Bertz CT molecular complexity index is 759. The summed E-state index contributed by atoms with van der Waals surface area (Å²) in [6, 6.07) is 3.27. The minimum Gasteiger partial charge on any atom is -0.372 e. The number of piperidine rings is 1. The Kier molecular flexibility index (Phi) is 4.00. The average molecular weight is 326 g/mol. The van der Waals surface area contributed by atoms with Crippen LogP contribution in [0.4, 0.5) is 11.8 Å². The molecule has 2 unspecified atom stereocenters. The van der Waals surface area contributed by atoms with Crippen LogP contribution in [-0.4, -0.2) is 52.1 Å². The smallest absolute Gasteiger partial charge is 0.226 e. The molecule has 2 N–H and O–H groups in total. The summed E-state index contributed by atoms with van der Waals surface area (Å²) in [6.07, 6.45) is 5.03. The summed E-state index contributed by atoms with van der Waals surface area (Å²) < 4.78 is 0. The third-order valence-electron chi connectivity index (χ3n) is 5.38. The first kappa shape index (κ1) is 15.6. The molecule has 2 atom stereocenters. The van der Waals surface area contributed by atoms with Gasteiger partial charge < -0.3 is 15.5 Å². The van der Waals surface area contributed by atoms with E-state index >= 15 is 0 Å². The predicted molar refractivity (Wildman–Crippen MR) is 97.6 cm³/mol. The monoisotopic (exact) mass is 326 g/mol. The number of pyridine rings is 1. The number of rotatable bonds is 3. The van der Waals surface area contributed by atoms with Crippen LogP contribution in [0.15, 0.2) is 6.07 Å². The van der Waals surface area contributed by atoms with E-state index in [4.69, 9.17) is 9.97 Å². The molecule has 2 aromatic rings. The van der Waals surface area contributed by atoms with Crippen LogP contribution in [0.5, 0.6) is 0 Å². The van der Waals surface area contributed by atoms with Gasteiger partial charge in [0, 0.05) is 31.4 Å². The Morgan fingerprint density at radius 1 is 1.12 bits per heavy atom. The summed E-state index contributed by atoms with van der Waals surface area (Å²) in [6.45, 7) is 6.56. The van der Waals surface area contributed by atoms with Gasteiger partial charge in [-0.1, -0.05) is 0 Å². The number of aryl methyl sites for hydroxylation is 2. The second-order valence-electron chi connectivity index (χ2n) is 7.12. The quantitative estimate of drug-likeness (QED) is 0.904. The zero-order valence-corrected chi connectivity index (χ0v) is 14.8. The van der Waals surface area contributed by atoms with Gasteiger partial charge in [0.05, 0.1) is 5.39 Å². The molecular weight excluding hydrogens is 300 g/mol. The van der Waals surface area contributed by atoms with Crippen LogP contribution in [0.3, 0.4) is 0 Å². The van der Waals surface area contributed by atoms with Gasteiger partial charge in [-0.15, -0.1) is 0 Å². The number of aromatic nitrogens is 3. The predicted octanol–water partition coefficient (Wildman–Crippen LogP) is 2.72. The molecule has 2 fully saturated rings. The summed E-state index contributed by atoms with van der Waals surface area (Å²) >= 11 is 0. The minimum atomic E-state index is 0.456. The second kappa shape index (κ2) is 6.16. The van der Waals surface area contributed by atoms with Crippen molar-refractivity contribution >= 4 is 22.8 Å². The van der Waals surface area contributed by atoms with Crippen LogP contribution in [0.25, 0.3) is 11.0 Å². The molecule has 0 aromatic carbocycles. The molecule has 4 rings (SSSR count). The van der Waals surface area contributed by atoms with Crippen molar-refractivity contribution < 1.29 is 0 Å². The van der Waals surface area contributed by atoms with Crippen molar-refractivity contribution in [3.05, 3.63) is 17.3 Å². The number of fused-ring (bicyclic) bond motifs is 2. The molecule has 0 spiro atoms. The first-order chi connectivity index (χ1) is 11.6. The Labute approximate surface area is 143 Å². The van der Waals surface area contributed by atoms with Crippen LogP contribution >= 0.6 is 0 Å². The molecule has 0 amide bonds. The summed E-state index contributed by atoms with van der Waals surface area (Å²) in [7, 11) is 1.90. The van der Waals surface area contributed by atoms with Gasteiger partial charge in [0.2, 0.25) is 5.95 Å². The van der Waals surface area contributed by atoms with E-state index < -0.39 is 0 Å². The standard InChI is InChI=1S/C18H26N6/c1-11-9-12(2)20-17-15(11)16(19-3)22-18(23-17)21-13-6-8-24-7-4-5-14(24)10-13/h9,13-14H,4-8,10H2,1-3H3,(H2,19,20,21,22,23). The number of hydrogen-bond donors (Lipinski definition) is 2. The van der Waals surface area contributed by atoms with Crippen molar-refractivity contribution in [1.82, 2.24) is 19.9 Å². The van der Waals surface area contributed by atoms with Crippen LogP contribution in [0, 0.1) is 13.8 Å². The van der Waals surface area contributed by atoms with Crippen molar-refractivity contribution in [3.8, 4) is 0 Å². The van der Waals surface area contributed by atoms with E-state index in [1.54, 1.807) is 0 Å².